The van der Waals surface area contributed by atoms with Gasteiger partial charge in [0, 0.05) is 5.92 Å². The summed E-state index contributed by atoms with van der Waals surface area (Å²) in [7, 11) is 0. The van der Waals surface area contributed by atoms with E-state index in [4.69, 9.17) is 0 Å². The van der Waals surface area contributed by atoms with E-state index in [9.17, 15) is 4.79 Å². The molecule has 0 N–H and O–H groups in total. The molecular weight excluding hydrogens is 172 g/mol. The second-order valence-electron chi connectivity index (χ2n) is 3.76. The zero-order chi connectivity index (χ0) is 10.6. The maximum absolute atomic E-state index is 11.7. The first-order valence-electron chi connectivity index (χ1n) is 4.85. The third kappa shape index (κ3) is 2.84. The van der Waals surface area contributed by atoms with Gasteiger partial charge in [0.15, 0.2) is 5.78 Å². The molecule has 0 amide bonds. The Balaban J connectivity index is 2.81. The van der Waals surface area contributed by atoms with Gasteiger partial charge in [-0.3, -0.25) is 4.79 Å². The largest absolute Gasteiger partial charge is 0.294 e. The Morgan fingerprint density at radius 2 is 1.79 bits per heavy atom. The van der Waals surface area contributed by atoms with Gasteiger partial charge >= 0.3 is 0 Å². The summed E-state index contributed by atoms with van der Waals surface area (Å²) in [6.07, 6.45) is 1.71. The number of hydrogen-bond acceptors (Lipinski definition) is 1. The predicted octanol–water partition coefficient (Wildman–Crippen LogP) is 3.33. The van der Waals surface area contributed by atoms with E-state index in [1.807, 2.05) is 51.1 Å². The molecule has 1 rings (SSSR count). The zero-order valence-corrected chi connectivity index (χ0v) is 8.95. The molecule has 1 nitrogen and oxygen atoms in total. The molecule has 0 spiro atoms. The lowest BCUT2D eigenvalue weighted by Gasteiger charge is -2.07. The van der Waals surface area contributed by atoms with E-state index < -0.39 is 0 Å². The fraction of sp³-hybridized carbons (Fsp3) is 0.308. The van der Waals surface area contributed by atoms with Crippen LogP contribution in [0.3, 0.4) is 0 Å². The molecule has 0 aromatic heterocycles. The Hall–Kier alpha value is -1.37. The topological polar surface area (TPSA) is 17.1 Å². The number of ketones is 1. The maximum atomic E-state index is 11.7. The molecule has 0 bridgehead atoms. The van der Waals surface area contributed by atoms with Crippen molar-refractivity contribution in [2.24, 2.45) is 0 Å². The summed E-state index contributed by atoms with van der Waals surface area (Å²) in [6.45, 7) is 5.82. The van der Waals surface area contributed by atoms with E-state index in [0.29, 0.717) is 0 Å². The van der Waals surface area contributed by atoms with Crippen molar-refractivity contribution in [3.8, 4) is 0 Å². The summed E-state index contributed by atoms with van der Waals surface area (Å²) in [5, 5.41) is 0. The van der Waals surface area contributed by atoms with Gasteiger partial charge in [0.1, 0.15) is 0 Å². The summed E-state index contributed by atoms with van der Waals surface area (Å²) in [5.41, 5.74) is 2.13. The van der Waals surface area contributed by atoms with Crippen molar-refractivity contribution in [2.75, 3.05) is 0 Å². The standard InChI is InChI=1S/C13H16O/c1-10(2)9-13(14)11(3)12-7-5-4-6-8-12/h4-9,11H,1-3H3/t11-/m0/s1. The van der Waals surface area contributed by atoms with Crippen LogP contribution in [0, 0.1) is 0 Å². The molecule has 0 aliphatic heterocycles. The Morgan fingerprint density at radius 3 is 2.29 bits per heavy atom. The van der Waals surface area contributed by atoms with Crippen LogP contribution in [-0.2, 0) is 4.79 Å². The van der Waals surface area contributed by atoms with Crippen LogP contribution in [0.1, 0.15) is 32.3 Å². The first-order valence-corrected chi connectivity index (χ1v) is 4.85. The number of rotatable bonds is 3. The van der Waals surface area contributed by atoms with E-state index in [1.165, 1.54) is 0 Å². The van der Waals surface area contributed by atoms with Crippen LogP contribution in [0.4, 0.5) is 0 Å². The molecule has 1 aromatic rings. The zero-order valence-electron chi connectivity index (χ0n) is 8.95. The average Bonchev–Trinajstić information content (AvgIpc) is 2.17. The lowest BCUT2D eigenvalue weighted by molar-refractivity contribution is -0.115. The molecule has 14 heavy (non-hydrogen) atoms. The number of allylic oxidation sites excluding steroid dienone is 2. The van der Waals surface area contributed by atoms with Gasteiger partial charge in [0.25, 0.3) is 0 Å². The minimum Gasteiger partial charge on any atom is -0.294 e. The van der Waals surface area contributed by atoms with Crippen molar-refractivity contribution in [2.45, 2.75) is 26.7 Å². The second kappa shape index (κ2) is 4.75. The second-order valence-corrected chi connectivity index (χ2v) is 3.76. The summed E-state index contributed by atoms with van der Waals surface area (Å²) >= 11 is 0. The summed E-state index contributed by atoms with van der Waals surface area (Å²) < 4.78 is 0. The average molecular weight is 188 g/mol. The first kappa shape index (κ1) is 10.7. The number of carbonyl (C=O) groups is 1. The van der Waals surface area contributed by atoms with Crippen LogP contribution in [0.25, 0.3) is 0 Å². The van der Waals surface area contributed by atoms with Gasteiger partial charge in [-0.2, -0.15) is 0 Å². The Kier molecular flexibility index (Phi) is 3.63. The third-order valence-electron chi connectivity index (χ3n) is 2.16. The van der Waals surface area contributed by atoms with Gasteiger partial charge in [-0.1, -0.05) is 42.8 Å². The van der Waals surface area contributed by atoms with Crippen LogP contribution in [0.2, 0.25) is 0 Å². The van der Waals surface area contributed by atoms with Crippen LogP contribution in [0.15, 0.2) is 42.0 Å². The molecule has 0 heterocycles. The number of hydrogen-bond donors (Lipinski definition) is 0. The third-order valence-corrected chi connectivity index (χ3v) is 2.16. The highest BCUT2D eigenvalue weighted by Gasteiger charge is 2.11. The molecule has 0 fully saturated rings. The molecule has 0 saturated carbocycles. The molecule has 1 aromatic carbocycles. The molecule has 74 valence electrons. The smallest absolute Gasteiger partial charge is 0.162 e. The summed E-state index contributed by atoms with van der Waals surface area (Å²) in [4.78, 5) is 11.7. The number of benzene rings is 1. The van der Waals surface area contributed by atoms with Gasteiger partial charge in [-0.05, 0) is 25.5 Å². The molecule has 1 heteroatoms. The highest BCUT2D eigenvalue weighted by molar-refractivity contribution is 5.95. The van der Waals surface area contributed by atoms with Crippen molar-refractivity contribution >= 4 is 5.78 Å². The van der Waals surface area contributed by atoms with E-state index in [-0.39, 0.29) is 11.7 Å². The van der Waals surface area contributed by atoms with E-state index >= 15 is 0 Å². The molecule has 0 saturated heterocycles. The summed E-state index contributed by atoms with van der Waals surface area (Å²) in [5.74, 6) is 0.141. The van der Waals surface area contributed by atoms with Crippen LogP contribution in [-0.4, -0.2) is 5.78 Å². The van der Waals surface area contributed by atoms with Gasteiger partial charge in [-0.25, -0.2) is 0 Å². The lowest BCUT2D eigenvalue weighted by Crippen LogP contribution is -2.06. The first-order chi connectivity index (χ1) is 6.61. The van der Waals surface area contributed by atoms with E-state index in [0.717, 1.165) is 11.1 Å². The van der Waals surface area contributed by atoms with Crippen LogP contribution in [0.5, 0.6) is 0 Å². The fourth-order valence-corrected chi connectivity index (χ4v) is 1.32. The Bertz CT molecular complexity index is 332. The SMILES string of the molecule is CC(C)=CC(=O)[C@@H](C)c1ccccc1. The molecule has 0 aliphatic carbocycles. The van der Waals surface area contributed by atoms with Gasteiger partial charge in [0.2, 0.25) is 0 Å². The maximum Gasteiger partial charge on any atom is 0.162 e. The van der Waals surface area contributed by atoms with Crippen LogP contribution < -0.4 is 0 Å². The van der Waals surface area contributed by atoms with Gasteiger partial charge in [-0.15, -0.1) is 0 Å². The normalized spacial score (nSPS) is 11.9. The van der Waals surface area contributed by atoms with Crippen LogP contribution >= 0.6 is 0 Å². The molecule has 0 aliphatic rings. The van der Waals surface area contributed by atoms with Crippen molar-refractivity contribution in [3.63, 3.8) is 0 Å². The van der Waals surface area contributed by atoms with E-state index in [2.05, 4.69) is 0 Å². The Morgan fingerprint density at radius 1 is 1.21 bits per heavy atom. The van der Waals surface area contributed by atoms with Gasteiger partial charge < -0.3 is 0 Å². The molecule has 0 unspecified atom stereocenters. The molecule has 0 radical (unpaired) electrons. The predicted molar refractivity (Wildman–Crippen MR) is 59.3 cm³/mol. The minimum atomic E-state index is -0.0360. The van der Waals surface area contributed by atoms with Crippen molar-refractivity contribution < 1.29 is 4.79 Å². The van der Waals surface area contributed by atoms with Crippen molar-refractivity contribution in [3.05, 3.63) is 47.5 Å². The molecular formula is C13H16O. The Labute approximate surface area is 85.5 Å². The van der Waals surface area contributed by atoms with Crippen molar-refractivity contribution in [1.29, 1.82) is 0 Å². The van der Waals surface area contributed by atoms with Crippen molar-refractivity contribution in [1.82, 2.24) is 0 Å². The number of carbonyl (C=O) groups excluding carboxylic acids is 1. The van der Waals surface area contributed by atoms with Gasteiger partial charge in [0.05, 0.1) is 0 Å². The lowest BCUT2D eigenvalue weighted by atomic mass is 9.96. The van der Waals surface area contributed by atoms with E-state index in [1.54, 1.807) is 6.08 Å². The molecule has 1 atom stereocenters. The quantitative estimate of drug-likeness (QED) is 0.665. The highest BCUT2D eigenvalue weighted by Crippen LogP contribution is 2.16. The summed E-state index contributed by atoms with van der Waals surface area (Å²) in [6, 6.07) is 9.85. The highest BCUT2D eigenvalue weighted by atomic mass is 16.1. The fourth-order valence-electron chi connectivity index (χ4n) is 1.32. The minimum absolute atomic E-state index is 0.0360. The monoisotopic (exact) mass is 188 g/mol.